The molecule has 2 aromatic rings. The van der Waals surface area contributed by atoms with E-state index in [4.69, 9.17) is 4.74 Å². The van der Waals surface area contributed by atoms with Gasteiger partial charge in [0.25, 0.3) is 5.91 Å². The third-order valence-electron chi connectivity index (χ3n) is 3.59. The maximum atomic E-state index is 12.8. The molecule has 0 aliphatic carbocycles. The van der Waals surface area contributed by atoms with Crippen molar-refractivity contribution in [1.29, 1.82) is 0 Å². The number of methoxy groups -OCH3 is 1. The molecule has 1 amide bonds. The number of nitrogens with zero attached hydrogens (tertiary/aromatic N) is 3. The summed E-state index contributed by atoms with van der Waals surface area (Å²) in [5, 5.41) is 3.18. The predicted molar refractivity (Wildman–Crippen MR) is 95.5 cm³/mol. The number of aryl methyl sites for hydroxylation is 1. The van der Waals surface area contributed by atoms with Crippen LogP contribution in [0.25, 0.3) is 0 Å². The summed E-state index contributed by atoms with van der Waals surface area (Å²) in [7, 11) is 1.67. The first kappa shape index (κ1) is 17.9. The summed E-state index contributed by atoms with van der Waals surface area (Å²) < 4.78 is 5.01. The van der Waals surface area contributed by atoms with Crippen molar-refractivity contribution in [2.24, 2.45) is 0 Å². The van der Waals surface area contributed by atoms with Crippen molar-refractivity contribution in [3.05, 3.63) is 47.9 Å². The van der Waals surface area contributed by atoms with Crippen molar-refractivity contribution < 1.29 is 9.53 Å². The van der Waals surface area contributed by atoms with E-state index >= 15 is 0 Å². The minimum Gasteiger partial charge on any atom is -0.385 e. The van der Waals surface area contributed by atoms with Crippen LogP contribution in [0, 0.1) is 6.92 Å². The van der Waals surface area contributed by atoms with Crippen LogP contribution in [0.5, 0.6) is 0 Å². The molecule has 0 saturated carbocycles. The molecule has 6 nitrogen and oxygen atoms in total. The highest BCUT2D eigenvalue weighted by atomic mass is 16.5. The molecule has 0 atom stereocenters. The number of ether oxygens (including phenoxy) is 1. The van der Waals surface area contributed by atoms with Crippen LogP contribution in [0.4, 0.5) is 11.5 Å². The number of rotatable bonds is 8. The van der Waals surface area contributed by atoms with Gasteiger partial charge in [0.2, 0.25) is 0 Å². The number of aromatic nitrogens is 2. The van der Waals surface area contributed by atoms with Crippen LogP contribution in [0.3, 0.4) is 0 Å². The smallest absolute Gasteiger partial charge is 0.277 e. The Kier molecular flexibility index (Phi) is 6.69. The van der Waals surface area contributed by atoms with Crippen molar-refractivity contribution in [3.63, 3.8) is 0 Å². The van der Waals surface area contributed by atoms with Crippen LogP contribution in [-0.2, 0) is 4.74 Å². The summed E-state index contributed by atoms with van der Waals surface area (Å²) >= 11 is 0. The number of hydrogen-bond acceptors (Lipinski definition) is 5. The zero-order chi connectivity index (χ0) is 17.4. The molecular weight excluding hydrogens is 304 g/mol. The lowest BCUT2D eigenvalue weighted by Crippen LogP contribution is -2.31. The Balaban J connectivity index is 2.12. The van der Waals surface area contributed by atoms with Crippen molar-refractivity contribution >= 4 is 17.4 Å². The molecular formula is C18H24N4O2. The first-order valence-corrected chi connectivity index (χ1v) is 8.09. The van der Waals surface area contributed by atoms with Gasteiger partial charge in [-0.15, -0.1) is 0 Å². The SMILES string of the molecule is CCN(C(=O)c1cc(NCCCOC)ncn1)c1cccc(C)c1. The standard InChI is InChI=1S/C18H24N4O2/c1-4-22(15-8-5-7-14(2)11-15)18(23)16-12-17(21-13-20-16)19-9-6-10-24-3/h5,7-8,11-13H,4,6,9-10H2,1-3H3,(H,19,20,21). The van der Waals surface area contributed by atoms with E-state index in [1.807, 2.05) is 38.1 Å². The number of carbonyl (C=O) groups excluding carboxylic acids is 1. The molecule has 0 unspecified atom stereocenters. The van der Waals surface area contributed by atoms with Gasteiger partial charge in [-0.25, -0.2) is 9.97 Å². The molecule has 1 aromatic carbocycles. The molecule has 24 heavy (non-hydrogen) atoms. The first-order chi connectivity index (χ1) is 11.7. The summed E-state index contributed by atoms with van der Waals surface area (Å²) in [6.45, 7) is 5.94. The van der Waals surface area contributed by atoms with Gasteiger partial charge in [0.15, 0.2) is 0 Å². The summed E-state index contributed by atoms with van der Waals surface area (Å²) in [5.74, 6) is 0.509. The average Bonchev–Trinajstić information content (AvgIpc) is 2.60. The molecule has 6 heteroatoms. The Labute approximate surface area is 142 Å². The molecule has 2 rings (SSSR count). The molecule has 0 saturated heterocycles. The molecule has 0 radical (unpaired) electrons. The maximum absolute atomic E-state index is 12.8. The van der Waals surface area contributed by atoms with E-state index in [-0.39, 0.29) is 5.91 Å². The van der Waals surface area contributed by atoms with Crippen molar-refractivity contribution in [2.45, 2.75) is 20.3 Å². The fraction of sp³-hybridized carbons (Fsp3) is 0.389. The molecule has 0 bridgehead atoms. The van der Waals surface area contributed by atoms with E-state index in [0.717, 1.165) is 24.2 Å². The van der Waals surface area contributed by atoms with Gasteiger partial charge in [0.05, 0.1) is 0 Å². The first-order valence-electron chi connectivity index (χ1n) is 8.09. The topological polar surface area (TPSA) is 67.4 Å². The molecule has 0 fully saturated rings. The van der Waals surface area contributed by atoms with Gasteiger partial charge in [0.1, 0.15) is 17.8 Å². The van der Waals surface area contributed by atoms with Gasteiger partial charge in [-0.05, 0) is 38.0 Å². The molecule has 1 N–H and O–H groups in total. The van der Waals surface area contributed by atoms with Crippen LogP contribution in [0.15, 0.2) is 36.7 Å². The average molecular weight is 328 g/mol. The quantitative estimate of drug-likeness (QED) is 0.755. The number of carbonyl (C=O) groups is 1. The van der Waals surface area contributed by atoms with Gasteiger partial charge in [0, 0.05) is 38.6 Å². The van der Waals surface area contributed by atoms with Gasteiger partial charge in [-0.1, -0.05) is 12.1 Å². The van der Waals surface area contributed by atoms with E-state index in [1.165, 1.54) is 6.33 Å². The lowest BCUT2D eigenvalue weighted by atomic mass is 10.2. The number of benzene rings is 1. The second-order valence-electron chi connectivity index (χ2n) is 5.45. The number of anilines is 2. The van der Waals surface area contributed by atoms with E-state index in [1.54, 1.807) is 18.1 Å². The molecule has 1 aromatic heterocycles. The monoisotopic (exact) mass is 328 g/mol. The highest BCUT2D eigenvalue weighted by molar-refractivity contribution is 6.05. The van der Waals surface area contributed by atoms with Crippen LogP contribution < -0.4 is 10.2 Å². The van der Waals surface area contributed by atoms with Gasteiger partial charge >= 0.3 is 0 Å². The second kappa shape index (κ2) is 8.98. The lowest BCUT2D eigenvalue weighted by molar-refractivity contribution is 0.0983. The lowest BCUT2D eigenvalue weighted by Gasteiger charge is -2.21. The molecule has 0 spiro atoms. The van der Waals surface area contributed by atoms with Crippen molar-refractivity contribution in [1.82, 2.24) is 9.97 Å². The Hall–Kier alpha value is -2.47. The minimum absolute atomic E-state index is 0.134. The molecule has 128 valence electrons. The fourth-order valence-electron chi connectivity index (χ4n) is 2.38. The summed E-state index contributed by atoms with van der Waals surface area (Å²) in [4.78, 5) is 22.8. The Morgan fingerprint density at radius 2 is 2.12 bits per heavy atom. The number of amides is 1. The maximum Gasteiger partial charge on any atom is 0.277 e. The van der Waals surface area contributed by atoms with E-state index in [0.29, 0.717) is 24.7 Å². The zero-order valence-corrected chi connectivity index (χ0v) is 14.5. The third kappa shape index (κ3) is 4.76. The highest BCUT2D eigenvalue weighted by Gasteiger charge is 2.18. The Morgan fingerprint density at radius 3 is 2.83 bits per heavy atom. The molecule has 0 aliphatic rings. The molecule has 1 heterocycles. The van der Waals surface area contributed by atoms with Crippen molar-refractivity contribution in [2.75, 3.05) is 37.0 Å². The van der Waals surface area contributed by atoms with E-state index < -0.39 is 0 Å². The van der Waals surface area contributed by atoms with E-state index in [2.05, 4.69) is 15.3 Å². The van der Waals surface area contributed by atoms with E-state index in [9.17, 15) is 4.79 Å². The fourth-order valence-corrected chi connectivity index (χ4v) is 2.38. The van der Waals surface area contributed by atoms with Crippen LogP contribution in [-0.4, -0.2) is 42.7 Å². The molecule has 0 aliphatic heterocycles. The van der Waals surface area contributed by atoms with Crippen LogP contribution in [0.2, 0.25) is 0 Å². The summed E-state index contributed by atoms with van der Waals surface area (Å²) in [5.41, 5.74) is 2.36. The predicted octanol–water partition coefficient (Wildman–Crippen LogP) is 2.90. The Morgan fingerprint density at radius 1 is 1.29 bits per heavy atom. The second-order valence-corrected chi connectivity index (χ2v) is 5.45. The summed E-state index contributed by atoms with van der Waals surface area (Å²) in [6, 6.07) is 9.57. The van der Waals surface area contributed by atoms with Gasteiger partial charge in [-0.2, -0.15) is 0 Å². The van der Waals surface area contributed by atoms with Gasteiger partial charge in [-0.3, -0.25) is 4.79 Å². The third-order valence-corrected chi connectivity index (χ3v) is 3.59. The highest BCUT2D eigenvalue weighted by Crippen LogP contribution is 2.18. The minimum atomic E-state index is -0.134. The van der Waals surface area contributed by atoms with Crippen LogP contribution in [0.1, 0.15) is 29.4 Å². The normalized spacial score (nSPS) is 10.5. The number of hydrogen-bond donors (Lipinski definition) is 1. The van der Waals surface area contributed by atoms with Gasteiger partial charge < -0.3 is 15.0 Å². The van der Waals surface area contributed by atoms with Crippen LogP contribution >= 0.6 is 0 Å². The summed E-state index contributed by atoms with van der Waals surface area (Å²) in [6.07, 6.45) is 2.28. The Bertz CT molecular complexity index is 676. The van der Waals surface area contributed by atoms with Crippen molar-refractivity contribution in [3.8, 4) is 0 Å². The number of nitrogens with one attached hydrogen (secondary N) is 1. The largest absolute Gasteiger partial charge is 0.385 e. The zero-order valence-electron chi connectivity index (χ0n) is 14.5.